The van der Waals surface area contributed by atoms with Crippen LogP contribution in [-0.2, 0) is 56.0 Å². The molecule has 0 bridgehead atoms. The average molecular weight is 1040 g/mol. The molecule has 1 fully saturated rings. The topological polar surface area (TPSA) is 385 Å². The van der Waals surface area contributed by atoms with E-state index in [1.165, 1.54) is 19.4 Å². The largest absolute Gasteiger partial charge is 0.370 e. The number of benzene rings is 2. The number of guanidine groups is 1. The van der Waals surface area contributed by atoms with Crippen LogP contribution >= 0.6 is 0 Å². The molecule has 404 valence electrons. The van der Waals surface area contributed by atoms with Crippen molar-refractivity contribution in [2.45, 2.75) is 140 Å². The van der Waals surface area contributed by atoms with Gasteiger partial charge in [0.15, 0.2) is 5.96 Å². The van der Waals surface area contributed by atoms with E-state index >= 15 is 0 Å². The predicted octanol–water partition coefficient (Wildman–Crippen LogP) is -0.687. The number of nitrogens with zero attached hydrogens (tertiary/aromatic N) is 2. The van der Waals surface area contributed by atoms with Crippen molar-refractivity contribution in [2.24, 2.45) is 22.2 Å². The number of nitrogens with two attached hydrogens (primary N) is 3. The number of hydrogen-bond donors (Lipinski definition) is 13. The van der Waals surface area contributed by atoms with E-state index in [4.69, 9.17) is 17.2 Å². The van der Waals surface area contributed by atoms with Gasteiger partial charge >= 0.3 is 0 Å². The summed E-state index contributed by atoms with van der Waals surface area (Å²) in [5.74, 6) is -7.85. The number of fused-ring (bicyclic) bond motifs is 1. The quantitative estimate of drug-likeness (QED) is 0.0355. The fourth-order valence-electron chi connectivity index (χ4n) is 8.71. The Labute approximate surface area is 434 Å². The third-order valence-electron chi connectivity index (χ3n) is 12.8. The number of unbranched alkanes of at least 4 members (excludes halogenated alkanes) is 1. The summed E-state index contributed by atoms with van der Waals surface area (Å²) in [5.41, 5.74) is 19.5. The number of carbonyl (C=O) groups is 9. The number of aromatic nitrogens is 3. The van der Waals surface area contributed by atoms with E-state index in [-0.39, 0.29) is 70.4 Å². The van der Waals surface area contributed by atoms with Crippen molar-refractivity contribution in [1.82, 2.24) is 57.5 Å². The molecule has 24 heteroatoms. The van der Waals surface area contributed by atoms with Gasteiger partial charge in [-0.25, -0.2) is 4.98 Å². The van der Waals surface area contributed by atoms with Gasteiger partial charge in [-0.15, -0.1) is 0 Å². The molecule has 1 aliphatic rings. The van der Waals surface area contributed by atoms with Gasteiger partial charge in [-0.2, -0.15) is 0 Å². The number of primary amides is 1. The Morgan fingerprint density at radius 2 is 1.47 bits per heavy atom. The SMILES string of the molecule is CCCC[C@H](NC(C)=O)C(=O)N[C@H]1CC(=O)NCCCC[C@@H](C(N)=O)NC(=O)[C@@H]([C@@H](C)c2c[nH]c3ccccc23)NC(=O)[C@H](CCCN=C(N)N)NC(=O)[C@@H](Cc2ccccc2)NC(=O)[C@H](Cc2cnc[nH]2)NC1=O. The van der Waals surface area contributed by atoms with E-state index in [0.29, 0.717) is 29.7 Å². The summed E-state index contributed by atoms with van der Waals surface area (Å²) < 4.78 is 0. The standard InChI is InChI=1S/C51H71N15O9/c1-4-5-17-37(60-30(3)67)45(70)65-41-25-42(68)56-21-12-11-19-36(44(52)69)61-50(75)43(29(2)34-27-58-35-18-10-9-16-33(34)35)66-46(71)38(20-13-22-57-51(53)54)62-47(72)39(23-31-14-7-6-8-15-31)63-48(73)40(64-49(41)74)24-32-26-55-28-59-32/h6-10,14-16,18,26-29,36-41,43,58H,4-5,11-13,17,19-25H2,1-3H3,(H2,52,69)(H,55,59)(H,56,68)(H,60,67)(H,61,75)(H,62,72)(H,63,73)(H,64,74)(H,65,70)(H,66,71)(H4,53,54,57)/t29-,36-,37-,38-,39+,40-,41-,43+/m0/s1. The minimum atomic E-state index is -1.58. The maximum absolute atomic E-state index is 14.8. The van der Waals surface area contributed by atoms with Crippen molar-refractivity contribution in [3.05, 3.63) is 90.1 Å². The lowest BCUT2D eigenvalue weighted by molar-refractivity contribution is -0.136. The number of hydrogen-bond acceptors (Lipinski definition) is 11. The van der Waals surface area contributed by atoms with Crippen molar-refractivity contribution in [1.29, 1.82) is 0 Å². The van der Waals surface area contributed by atoms with Crippen molar-refractivity contribution in [2.75, 3.05) is 13.1 Å². The Hall–Kier alpha value is -8.31. The number of imidazole rings is 1. The van der Waals surface area contributed by atoms with Gasteiger partial charge in [0.1, 0.15) is 42.3 Å². The highest BCUT2D eigenvalue weighted by atomic mass is 16.2. The summed E-state index contributed by atoms with van der Waals surface area (Å²) >= 11 is 0. The molecule has 8 atom stereocenters. The summed E-state index contributed by atoms with van der Waals surface area (Å²) in [4.78, 5) is 140. The number of carbonyl (C=O) groups excluding carboxylic acids is 9. The maximum atomic E-state index is 14.8. The zero-order chi connectivity index (χ0) is 54.4. The zero-order valence-corrected chi connectivity index (χ0v) is 42.5. The molecule has 1 saturated heterocycles. The number of nitrogens with one attached hydrogen (secondary N) is 10. The van der Waals surface area contributed by atoms with Gasteiger partial charge in [0.05, 0.1) is 12.7 Å². The summed E-state index contributed by atoms with van der Waals surface area (Å²) in [6.45, 7) is 4.98. The molecule has 0 saturated carbocycles. The Morgan fingerprint density at radius 3 is 2.15 bits per heavy atom. The molecule has 1 aliphatic heterocycles. The van der Waals surface area contributed by atoms with Gasteiger partial charge in [-0.05, 0) is 55.7 Å². The lowest BCUT2D eigenvalue weighted by atomic mass is 9.91. The van der Waals surface area contributed by atoms with Crippen LogP contribution in [0.4, 0.5) is 0 Å². The van der Waals surface area contributed by atoms with Gasteiger partial charge in [-0.1, -0.05) is 75.2 Å². The Kier molecular flexibility index (Phi) is 22.1. The molecule has 16 N–H and O–H groups in total. The first-order valence-corrected chi connectivity index (χ1v) is 25.2. The fraction of sp³-hybridized carbons (Fsp3) is 0.471. The first kappa shape index (κ1) is 57.6. The molecule has 4 aromatic rings. The number of aliphatic imine (C=N–C) groups is 1. The smallest absolute Gasteiger partial charge is 0.243 e. The molecule has 0 unspecified atom stereocenters. The monoisotopic (exact) mass is 1040 g/mol. The maximum Gasteiger partial charge on any atom is 0.243 e. The minimum absolute atomic E-state index is 0.0352. The van der Waals surface area contributed by atoms with E-state index in [0.717, 1.165) is 10.9 Å². The zero-order valence-electron chi connectivity index (χ0n) is 42.5. The summed E-state index contributed by atoms with van der Waals surface area (Å²) in [6, 6.07) is 6.64. The van der Waals surface area contributed by atoms with Crippen molar-refractivity contribution in [3.8, 4) is 0 Å². The van der Waals surface area contributed by atoms with Crippen LogP contribution in [0.2, 0.25) is 0 Å². The highest BCUT2D eigenvalue weighted by molar-refractivity contribution is 5.99. The molecule has 0 aliphatic carbocycles. The second kappa shape index (κ2) is 28.8. The van der Waals surface area contributed by atoms with Crippen LogP contribution in [0.3, 0.4) is 0 Å². The van der Waals surface area contributed by atoms with Crippen LogP contribution < -0.4 is 59.7 Å². The number of H-pyrrole nitrogens is 2. The number of rotatable bonds is 17. The van der Waals surface area contributed by atoms with Gasteiger partial charge in [0.2, 0.25) is 53.2 Å². The van der Waals surface area contributed by atoms with Crippen LogP contribution in [0.5, 0.6) is 0 Å². The van der Waals surface area contributed by atoms with Crippen molar-refractivity contribution >= 4 is 70.0 Å². The fourth-order valence-corrected chi connectivity index (χ4v) is 8.71. The summed E-state index contributed by atoms with van der Waals surface area (Å²) in [6.07, 6.45) is 5.77. The van der Waals surface area contributed by atoms with Crippen LogP contribution in [0, 0.1) is 0 Å². The van der Waals surface area contributed by atoms with Crippen molar-refractivity contribution < 1.29 is 43.2 Å². The van der Waals surface area contributed by atoms with E-state index in [2.05, 4.69) is 62.5 Å². The molecule has 2 aromatic heterocycles. The number of aromatic amines is 2. The van der Waals surface area contributed by atoms with E-state index in [1.54, 1.807) is 43.5 Å². The van der Waals surface area contributed by atoms with Crippen LogP contribution in [-0.4, -0.2) is 129 Å². The first-order chi connectivity index (χ1) is 35.9. The first-order valence-electron chi connectivity index (χ1n) is 25.2. The number of amides is 9. The molecular weight excluding hydrogens is 967 g/mol. The molecular formula is C51H71N15O9. The molecule has 24 nitrogen and oxygen atoms in total. The van der Waals surface area contributed by atoms with Crippen LogP contribution in [0.15, 0.2) is 78.3 Å². The molecule has 2 aromatic carbocycles. The van der Waals surface area contributed by atoms with Gasteiger partial charge in [0.25, 0.3) is 0 Å². The second-order valence-electron chi connectivity index (χ2n) is 18.6. The van der Waals surface area contributed by atoms with Crippen molar-refractivity contribution in [3.63, 3.8) is 0 Å². The molecule has 5 rings (SSSR count). The number of para-hydroxylation sites is 1. The average Bonchev–Trinajstić information content (AvgIpc) is 4.06. The third-order valence-corrected chi connectivity index (χ3v) is 12.8. The lowest BCUT2D eigenvalue weighted by Gasteiger charge is -2.29. The van der Waals surface area contributed by atoms with E-state index in [1.807, 2.05) is 31.2 Å². The van der Waals surface area contributed by atoms with Gasteiger partial charge in [0, 0.05) is 67.8 Å². The predicted molar refractivity (Wildman–Crippen MR) is 278 cm³/mol. The highest BCUT2D eigenvalue weighted by Crippen LogP contribution is 2.28. The highest BCUT2D eigenvalue weighted by Gasteiger charge is 2.37. The Bertz CT molecular complexity index is 2620. The molecule has 75 heavy (non-hydrogen) atoms. The Balaban J connectivity index is 1.57. The third kappa shape index (κ3) is 18.0. The van der Waals surface area contributed by atoms with Crippen LogP contribution in [0.25, 0.3) is 10.9 Å². The van der Waals surface area contributed by atoms with Gasteiger partial charge < -0.3 is 69.7 Å². The van der Waals surface area contributed by atoms with E-state index in [9.17, 15) is 43.2 Å². The van der Waals surface area contributed by atoms with Gasteiger partial charge in [-0.3, -0.25) is 48.1 Å². The summed E-state index contributed by atoms with van der Waals surface area (Å²) in [5, 5.41) is 22.5. The Morgan fingerprint density at radius 1 is 0.787 bits per heavy atom. The molecule has 0 radical (unpaired) electrons. The van der Waals surface area contributed by atoms with Crippen LogP contribution in [0.1, 0.15) is 101 Å². The molecule has 0 spiro atoms. The van der Waals surface area contributed by atoms with E-state index < -0.39 is 108 Å². The summed E-state index contributed by atoms with van der Waals surface area (Å²) in [7, 11) is 0. The second-order valence-corrected chi connectivity index (χ2v) is 18.6. The molecule has 3 heterocycles. The molecule has 9 amide bonds. The lowest BCUT2D eigenvalue weighted by Crippen LogP contribution is -2.61. The normalized spacial score (nSPS) is 21.6. The minimum Gasteiger partial charge on any atom is -0.370 e.